The van der Waals surface area contributed by atoms with Gasteiger partial charge >= 0.3 is 0 Å². The van der Waals surface area contributed by atoms with E-state index >= 15 is 0 Å². The Hall–Kier alpha value is -1.89. The summed E-state index contributed by atoms with van der Waals surface area (Å²) in [4.78, 5) is 8.37. The van der Waals surface area contributed by atoms with Gasteiger partial charge in [-0.1, -0.05) is 5.16 Å². The van der Waals surface area contributed by atoms with E-state index in [1.165, 1.54) is 0 Å². The van der Waals surface area contributed by atoms with Gasteiger partial charge in [-0.05, 0) is 13.8 Å². The second kappa shape index (κ2) is 5.63. The van der Waals surface area contributed by atoms with Crippen molar-refractivity contribution in [1.82, 2.24) is 19.7 Å². The van der Waals surface area contributed by atoms with Crippen LogP contribution in [-0.2, 0) is 11.3 Å². The molecule has 7 heteroatoms. The first-order chi connectivity index (χ1) is 8.70. The average Bonchev–Trinajstić information content (AvgIpc) is 2.95. The third kappa shape index (κ3) is 2.86. The molecule has 0 radical (unpaired) electrons. The summed E-state index contributed by atoms with van der Waals surface area (Å²) in [5.41, 5.74) is 0. The highest BCUT2D eigenvalue weighted by molar-refractivity contribution is 5.26. The Morgan fingerprint density at radius 1 is 1.56 bits per heavy atom. The number of methoxy groups -OCH3 is 1. The summed E-state index contributed by atoms with van der Waals surface area (Å²) in [5.74, 6) is 1.93. The van der Waals surface area contributed by atoms with E-state index in [1.54, 1.807) is 20.2 Å². The molecule has 0 saturated carbocycles. The maximum Gasteiger partial charge on any atom is 0.246 e. The number of anilines is 1. The van der Waals surface area contributed by atoms with Crippen LogP contribution in [0.1, 0.15) is 24.7 Å². The predicted octanol–water partition coefficient (Wildman–Crippen LogP) is 1.39. The molecule has 0 fully saturated rings. The number of aromatic nitrogens is 4. The van der Waals surface area contributed by atoms with Crippen LogP contribution in [0.3, 0.4) is 0 Å². The van der Waals surface area contributed by atoms with Crippen molar-refractivity contribution in [2.45, 2.75) is 26.4 Å². The van der Waals surface area contributed by atoms with Gasteiger partial charge in [0.1, 0.15) is 0 Å². The molecule has 18 heavy (non-hydrogen) atoms. The molecule has 2 rings (SSSR count). The molecule has 1 atom stereocenters. The highest BCUT2D eigenvalue weighted by Crippen LogP contribution is 2.14. The van der Waals surface area contributed by atoms with Crippen molar-refractivity contribution in [2.75, 3.05) is 19.0 Å². The third-order valence-electron chi connectivity index (χ3n) is 2.52. The van der Waals surface area contributed by atoms with Gasteiger partial charge in [0.2, 0.25) is 11.8 Å². The quantitative estimate of drug-likeness (QED) is 0.836. The van der Waals surface area contributed by atoms with Crippen molar-refractivity contribution < 1.29 is 9.26 Å². The lowest BCUT2D eigenvalue weighted by molar-refractivity contribution is 0.163. The Morgan fingerprint density at radius 2 is 2.39 bits per heavy atom. The zero-order chi connectivity index (χ0) is 13.0. The Balaban J connectivity index is 1.99. The number of hydrogen-bond acceptors (Lipinski definition) is 6. The smallest absolute Gasteiger partial charge is 0.246 e. The highest BCUT2D eigenvalue weighted by Gasteiger charge is 2.10. The van der Waals surface area contributed by atoms with Gasteiger partial charge in [-0.3, -0.25) is 0 Å². The summed E-state index contributed by atoms with van der Waals surface area (Å²) in [6, 6.07) is 0.212. The Labute approximate surface area is 105 Å². The molecule has 2 aromatic rings. The normalized spacial score (nSPS) is 12.6. The Morgan fingerprint density at radius 3 is 3.06 bits per heavy atom. The van der Waals surface area contributed by atoms with Crippen LogP contribution in [-0.4, -0.2) is 33.4 Å². The minimum atomic E-state index is 0.212. The summed E-state index contributed by atoms with van der Waals surface area (Å²) < 4.78 is 12.2. The standard InChI is InChI=1S/C11H17N5O2/c1-8(7-17-3)16-5-4-12-11(16)13-6-10-14-9(2)15-18-10/h4-5,8H,6-7H2,1-3H3,(H,12,13). The second-order valence-corrected chi connectivity index (χ2v) is 4.05. The molecule has 0 saturated heterocycles. The van der Waals surface area contributed by atoms with Crippen LogP contribution in [0.4, 0.5) is 5.95 Å². The molecule has 0 aliphatic heterocycles. The van der Waals surface area contributed by atoms with Crippen molar-refractivity contribution >= 4 is 5.95 Å². The van der Waals surface area contributed by atoms with Gasteiger partial charge in [-0.2, -0.15) is 4.98 Å². The summed E-state index contributed by atoms with van der Waals surface area (Å²) >= 11 is 0. The molecule has 7 nitrogen and oxygen atoms in total. The molecule has 1 unspecified atom stereocenters. The van der Waals surface area contributed by atoms with Gasteiger partial charge in [0.05, 0.1) is 19.2 Å². The van der Waals surface area contributed by atoms with Crippen molar-refractivity contribution in [3.05, 3.63) is 24.1 Å². The maximum absolute atomic E-state index is 5.13. The molecule has 1 N–H and O–H groups in total. The van der Waals surface area contributed by atoms with Gasteiger partial charge < -0.3 is 19.1 Å². The molecule has 0 aliphatic rings. The highest BCUT2D eigenvalue weighted by atomic mass is 16.5. The maximum atomic E-state index is 5.13. The number of hydrogen-bond donors (Lipinski definition) is 1. The number of nitrogens with zero attached hydrogens (tertiary/aromatic N) is 4. The van der Waals surface area contributed by atoms with E-state index < -0.39 is 0 Å². The largest absolute Gasteiger partial charge is 0.383 e. The molecule has 2 heterocycles. The van der Waals surface area contributed by atoms with Crippen molar-refractivity contribution in [2.24, 2.45) is 0 Å². The monoisotopic (exact) mass is 251 g/mol. The lowest BCUT2D eigenvalue weighted by atomic mass is 10.3. The number of rotatable bonds is 6. The van der Waals surface area contributed by atoms with E-state index in [0.29, 0.717) is 24.9 Å². The van der Waals surface area contributed by atoms with Crippen LogP contribution in [0.25, 0.3) is 0 Å². The lowest BCUT2D eigenvalue weighted by Gasteiger charge is -2.15. The van der Waals surface area contributed by atoms with Crippen molar-refractivity contribution in [3.8, 4) is 0 Å². The number of aryl methyl sites for hydroxylation is 1. The van der Waals surface area contributed by atoms with Crippen molar-refractivity contribution in [3.63, 3.8) is 0 Å². The zero-order valence-electron chi connectivity index (χ0n) is 10.8. The van der Waals surface area contributed by atoms with Crippen LogP contribution in [0.5, 0.6) is 0 Å². The van der Waals surface area contributed by atoms with Crippen LogP contribution >= 0.6 is 0 Å². The minimum absolute atomic E-state index is 0.212. The summed E-state index contributed by atoms with van der Waals surface area (Å²) in [6.45, 7) is 4.93. The van der Waals surface area contributed by atoms with Crippen LogP contribution in [0.15, 0.2) is 16.9 Å². The molecular formula is C11H17N5O2. The second-order valence-electron chi connectivity index (χ2n) is 4.05. The van der Waals surface area contributed by atoms with Gasteiger partial charge in [-0.25, -0.2) is 4.98 Å². The van der Waals surface area contributed by atoms with E-state index in [1.807, 2.05) is 10.8 Å². The first-order valence-corrected chi connectivity index (χ1v) is 5.75. The number of imidazole rings is 1. The number of ether oxygens (including phenoxy) is 1. The zero-order valence-corrected chi connectivity index (χ0v) is 10.8. The first kappa shape index (κ1) is 12.6. The predicted molar refractivity (Wildman–Crippen MR) is 65.2 cm³/mol. The van der Waals surface area contributed by atoms with Crippen LogP contribution in [0.2, 0.25) is 0 Å². The molecule has 0 bridgehead atoms. The van der Waals surface area contributed by atoms with Crippen molar-refractivity contribution in [1.29, 1.82) is 0 Å². The molecule has 98 valence electrons. The van der Waals surface area contributed by atoms with Gasteiger partial charge in [0.15, 0.2) is 5.82 Å². The Kier molecular flexibility index (Phi) is 3.93. The summed E-state index contributed by atoms with van der Waals surface area (Å²) in [7, 11) is 1.68. The third-order valence-corrected chi connectivity index (χ3v) is 2.52. The van der Waals surface area contributed by atoms with Crippen LogP contribution in [0, 0.1) is 6.92 Å². The van der Waals surface area contributed by atoms with E-state index in [-0.39, 0.29) is 6.04 Å². The lowest BCUT2D eigenvalue weighted by Crippen LogP contribution is -2.14. The van der Waals surface area contributed by atoms with E-state index in [0.717, 1.165) is 5.95 Å². The van der Waals surface area contributed by atoms with Gasteiger partial charge in [0.25, 0.3) is 0 Å². The van der Waals surface area contributed by atoms with Gasteiger partial charge in [-0.15, -0.1) is 0 Å². The fraction of sp³-hybridized carbons (Fsp3) is 0.545. The van der Waals surface area contributed by atoms with Crippen LogP contribution < -0.4 is 5.32 Å². The topological polar surface area (TPSA) is 78.0 Å². The van der Waals surface area contributed by atoms with E-state index in [2.05, 4.69) is 27.4 Å². The molecule has 0 aliphatic carbocycles. The van der Waals surface area contributed by atoms with E-state index in [9.17, 15) is 0 Å². The SMILES string of the molecule is COCC(C)n1ccnc1NCc1nc(C)no1. The van der Waals surface area contributed by atoms with Gasteiger partial charge in [0, 0.05) is 19.5 Å². The number of nitrogens with one attached hydrogen (secondary N) is 1. The molecular weight excluding hydrogens is 234 g/mol. The summed E-state index contributed by atoms with van der Waals surface area (Å²) in [6.07, 6.45) is 3.65. The fourth-order valence-corrected chi connectivity index (χ4v) is 1.69. The average molecular weight is 251 g/mol. The fourth-order valence-electron chi connectivity index (χ4n) is 1.69. The first-order valence-electron chi connectivity index (χ1n) is 5.75. The summed E-state index contributed by atoms with van der Waals surface area (Å²) in [5, 5.41) is 6.89. The Bertz CT molecular complexity index is 493. The molecule has 0 aromatic carbocycles. The molecule has 2 aromatic heterocycles. The van der Waals surface area contributed by atoms with E-state index in [4.69, 9.17) is 9.26 Å². The molecule has 0 amide bonds. The minimum Gasteiger partial charge on any atom is -0.383 e. The molecule has 0 spiro atoms.